The van der Waals surface area contributed by atoms with Crippen LogP contribution in [0.1, 0.15) is 163 Å². The third kappa shape index (κ3) is 21.8. The highest BCUT2D eigenvalue weighted by Crippen LogP contribution is 2.26. The van der Waals surface area contributed by atoms with Crippen molar-refractivity contribution in [1.29, 1.82) is 0 Å². The highest BCUT2D eigenvalue weighted by molar-refractivity contribution is 6.00. The van der Waals surface area contributed by atoms with E-state index < -0.39 is 161 Å². The number of rotatable bonds is 15. The number of likely N-dealkylation sites (N-methyl/N-ethyl adjacent to an activating group) is 7. The third-order valence-electron chi connectivity index (χ3n) is 16.6. The van der Waals surface area contributed by atoms with Gasteiger partial charge in [-0.15, -0.1) is 0 Å². The molecule has 0 unspecified atom stereocenters. The van der Waals surface area contributed by atoms with Crippen LogP contribution in [0.3, 0.4) is 0 Å². The van der Waals surface area contributed by atoms with Crippen molar-refractivity contribution in [2.24, 2.45) is 35.5 Å². The standard InChI is InChI=1S/C63H113N11O13/c1-26-28-29-39(13)51(75)50-55(79)66-43(27-2)58(82)68(19)42(16)57(81)72(23)47(33-63(17,18)87)54(78)67-48(37(9)10)61(85)69(20)44(30-34(3)4)53(77)64-40(14)52(76)65-41(15)56(80)70(21)45(31-35(5)6)59(83)71(22)46(32-36(7)8)60(84)73(24)49(38(11)12)62(86)74(50)25/h26,28,34-51,75,87H,27,29-33H2,1-25H3,(H,64,77)(H,65,76)(H,66,79)(H,67,78)/b28-26+/t39-,40+,41-,42-,43+,44+,45+,46+,47+,48+,49+,50+,51-/m1/s1. The van der Waals surface area contributed by atoms with Gasteiger partial charge in [-0.2, -0.15) is 0 Å². The average molecular weight is 1230 g/mol. The van der Waals surface area contributed by atoms with Crippen LogP contribution in [0.25, 0.3) is 0 Å². The molecule has 498 valence electrons. The maximum absolute atomic E-state index is 15.2. The lowest BCUT2D eigenvalue weighted by Crippen LogP contribution is -2.64. The summed E-state index contributed by atoms with van der Waals surface area (Å²) in [7, 11) is 9.71. The minimum Gasteiger partial charge on any atom is -0.390 e. The molecule has 1 aliphatic rings. The second-order valence-electron chi connectivity index (χ2n) is 26.9. The van der Waals surface area contributed by atoms with E-state index in [1.165, 1.54) is 104 Å². The molecule has 0 aromatic rings. The first-order chi connectivity index (χ1) is 39.9. The van der Waals surface area contributed by atoms with E-state index in [0.29, 0.717) is 6.42 Å². The highest BCUT2D eigenvalue weighted by Gasteiger charge is 2.46. The Bertz CT molecular complexity index is 2410. The zero-order chi connectivity index (χ0) is 67.8. The molecule has 0 bridgehead atoms. The molecule has 0 saturated carbocycles. The summed E-state index contributed by atoms with van der Waals surface area (Å²) in [6.45, 7) is 30.2. The molecule has 1 heterocycles. The molecule has 1 aliphatic heterocycles. The number of nitrogens with zero attached hydrogens (tertiary/aromatic N) is 7. The molecule has 24 nitrogen and oxygen atoms in total. The van der Waals surface area contributed by atoms with Crippen LogP contribution in [0, 0.1) is 35.5 Å². The van der Waals surface area contributed by atoms with Gasteiger partial charge in [-0.25, -0.2) is 0 Å². The Morgan fingerprint density at radius 2 is 0.897 bits per heavy atom. The Morgan fingerprint density at radius 3 is 1.34 bits per heavy atom. The Hall–Kier alpha value is -6.17. The number of allylic oxidation sites excluding steroid dienone is 2. The number of aliphatic hydroxyl groups excluding tert-OH is 1. The molecule has 0 aliphatic carbocycles. The molecule has 24 heteroatoms. The van der Waals surface area contributed by atoms with Gasteiger partial charge in [-0.3, -0.25) is 52.7 Å². The molecule has 13 atom stereocenters. The summed E-state index contributed by atoms with van der Waals surface area (Å²) in [5, 5.41) is 34.1. The lowest BCUT2D eigenvalue weighted by Gasteiger charge is -2.41. The lowest BCUT2D eigenvalue weighted by atomic mass is 9.91. The van der Waals surface area contributed by atoms with Crippen molar-refractivity contribution < 1.29 is 63.0 Å². The van der Waals surface area contributed by atoms with E-state index in [1.807, 2.05) is 41.5 Å². The Morgan fingerprint density at radius 1 is 0.471 bits per heavy atom. The van der Waals surface area contributed by atoms with Gasteiger partial charge in [0.2, 0.25) is 65.0 Å². The van der Waals surface area contributed by atoms with Gasteiger partial charge in [0.15, 0.2) is 0 Å². The second kappa shape index (κ2) is 34.5. The fourth-order valence-corrected chi connectivity index (χ4v) is 10.9. The first-order valence-corrected chi connectivity index (χ1v) is 31.0. The van der Waals surface area contributed by atoms with E-state index in [0.717, 1.165) is 14.7 Å². The lowest BCUT2D eigenvalue weighted by molar-refractivity contribution is -0.157. The molecule has 0 radical (unpaired) electrons. The van der Waals surface area contributed by atoms with E-state index in [9.17, 15) is 53.4 Å². The molecule has 1 fully saturated rings. The van der Waals surface area contributed by atoms with E-state index >= 15 is 9.59 Å². The molecule has 1 rings (SSSR count). The summed E-state index contributed by atoms with van der Waals surface area (Å²) in [5.41, 5.74) is -1.56. The molecule has 0 aromatic heterocycles. The van der Waals surface area contributed by atoms with E-state index in [2.05, 4.69) is 21.3 Å². The van der Waals surface area contributed by atoms with Crippen LogP contribution >= 0.6 is 0 Å². The summed E-state index contributed by atoms with van der Waals surface area (Å²) >= 11 is 0. The maximum atomic E-state index is 15.2. The van der Waals surface area contributed by atoms with Crippen molar-refractivity contribution in [3.05, 3.63) is 12.2 Å². The smallest absolute Gasteiger partial charge is 0.246 e. The molecule has 11 amide bonds. The van der Waals surface area contributed by atoms with E-state index in [1.54, 1.807) is 60.6 Å². The number of hydrogen-bond acceptors (Lipinski definition) is 13. The zero-order valence-electron chi connectivity index (χ0n) is 57.3. The summed E-state index contributed by atoms with van der Waals surface area (Å²) in [4.78, 5) is 169. The predicted octanol–water partition coefficient (Wildman–Crippen LogP) is 2.77. The van der Waals surface area contributed by atoms with Gasteiger partial charge in [-0.1, -0.05) is 95.2 Å². The van der Waals surface area contributed by atoms with Crippen molar-refractivity contribution >= 4 is 65.0 Å². The summed E-state index contributed by atoms with van der Waals surface area (Å²) in [6.07, 6.45) is 2.38. The normalized spacial score (nSPS) is 27.6. The first kappa shape index (κ1) is 78.8. The maximum Gasteiger partial charge on any atom is 0.246 e. The van der Waals surface area contributed by atoms with Gasteiger partial charge in [0.1, 0.15) is 66.5 Å². The summed E-state index contributed by atoms with van der Waals surface area (Å²) < 4.78 is 0. The first-order valence-electron chi connectivity index (χ1n) is 31.0. The average Bonchev–Trinajstić information content (AvgIpc) is 3.00. The topological polar surface area (TPSA) is 299 Å². The van der Waals surface area contributed by atoms with Crippen molar-refractivity contribution in [1.82, 2.24) is 55.6 Å². The van der Waals surface area contributed by atoms with Gasteiger partial charge in [0.05, 0.1) is 11.7 Å². The second-order valence-corrected chi connectivity index (χ2v) is 26.9. The zero-order valence-corrected chi connectivity index (χ0v) is 57.3. The van der Waals surface area contributed by atoms with Crippen molar-refractivity contribution in [3.8, 4) is 0 Å². The summed E-state index contributed by atoms with van der Waals surface area (Å²) in [5.74, 6) is -10.3. The van der Waals surface area contributed by atoms with Crippen LogP contribution in [-0.4, -0.2) is 237 Å². The Kier molecular flexibility index (Phi) is 31.3. The van der Waals surface area contributed by atoms with Gasteiger partial charge in [0.25, 0.3) is 0 Å². The highest BCUT2D eigenvalue weighted by atomic mass is 16.3. The molecule has 0 aromatic carbocycles. The van der Waals surface area contributed by atoms with Crippen molar-refractivity contribution in [2.75, 3.05) is 49.3 Å². The van der Waals surface area contributed by atoms with Crippen LogP contribution in [-0.2, 0) is 52.7 Å². The molecule has 1 saturated heterocycles. The fraction of sp³-hybridized carbons (Fsp3) is 0.794. The molecular formula is C63H113N11O13. The number of carbonyl (C=O) groups excluding carboxylic acids is 11. The molecule has 6 N–H and O–H groups in total. The summed E-state index contributed by atoms with van der Waals surface area (Å²) in [6, 6.07) is -14.3. The third-order valence-corrected chi connectivity index (χ3v) is 16.6. The quantitative estimate of drug-likeness (QED) is 0.129. The fourth-order valence-electron chi connectivity index (χ4n) is 10.9. The molecule has 0 spiro atoms. The Balaban J connectivity index is 4.40. The van der Waals surface area contributed by atoms with Crippen molar-refractivity contribution in [3.63, 3.8) is 0 Å². The van der Waals surface area contributed by atoms with Gasteiger partial charge in [0, 0.05) is 55.8 Å². The van der Waals surface area contributed by atoms with Crippen LogP contribution < -0.4 is 21.3 Å². The number of carbonyl (C=O) groups is 11. The predicted molar refractivity (Wildman–Crippen MR) is 334 cm³/mol. The Labute approximate surface area is 520 Å². The van der Waals surface area contributed by atoms with Gasteiger partial charge in [-0.05, 0) is 109 Å². The van der Waals surface area contributed by atoms with E-state index in [-0.39, 0.29) is 49.9 Å². The molecular weight excluding hydrogens is 1120 g/mol. The molecule has 87 heavy (non-hydrogen) atoms. The number of hydrogen-bond donors (Lipinski definition) is 6. The minimum atomic E-state index is -1.64. The number of aliphatic hydroxyl groups is 2. The van der Waals surface area contributed by atoms with Gasteiger partial charge >= 0.3 is 0 Å². The number of amides is 11. The van der Waals surface area contributed by atoms with Gasteiger partial charge < -0.3 is 65.8 Å². The van der Waals surface area contributed by atoms with Crippen LogP contribution in [0.4, 0.5) is 0 Å². The monoisotopic (exact) mass is 1230 g/mol. The van der Waals surface area contributed by atoms with Crippen LogP contribution in [0.15, 0.2) is 12.2 Å². The van der Waals surface area contributed by atoms with Crippen molar-refractivity contribution in [2.45, 2.75) is 241 Å². The van der Waals surface area contributed by atoms with E-state index in [4.69, 9.17) is 0 Å². The van der Waals surface area contributed by atoms with Crippen LogP contribution in [0.2, 0.25) is 0 Å². The minimum absolute atomic E-state index is 0.0207. The number of nitrogens with one attached hydrogen (secondary N) is 4. The largest absolute Gasteiger partial charge is 0.390 e. The SMILES string of the molecule is C/C=C/C[C@@H](C)[C@@H](O)[C@H]1C(=O)N[C@@H](CC)C(=O)N(C)[C@H](C)C(=O)N(C)[C@@H](CC(C)(C)O)C(=O)N[C@@H](C(C)C)C(=O)N(C)[C@@H](CC(C)C)C(=O)N[C@@H](C)C(=O)N[C@H](C)C(=O)N(C)[C@@H](CC(C)C)C(=O)N(C)[C@@H](CC(C)C)C(=O)N(C)[C@@H](C(C)C)C(=O)N1C. The van der Waals surface area contributed by atoms with Crippen LogP contribution in [0.5, 0.6) is 0 Å².